The Morgan fingerprint density at radius 3 is 2.62 bits per heavy atom. The quantitative estimate of drug-likeness (QED) is 0.220. The summed E-state index contributed by atoms with van der Waals surface area (Å²) in [4.78, 5) is 29.6. The molecule has 6 rings (SSSR count). The minimum Gasteiger partial charge on any atom is -0.353 e. The third-order valence-electron chi connectivity index (χ3n) is 6.54. The summed E-state index contributed by atoms with van der Waals surface area (Å²) in [7, 11) is 0. The summed E-state index contributed by atoms with van der Waals surface area (Å²) >= 11 is 0. The number of carbonyl (C=O) groups is 1. The molecular weight excluding hydrogens is 505 g/mol. The number of aromatic nitrogens is 6. The van der Waals surface area contributed by atoms with E-state index < -0.39 is 0 Å². The number of anilines is 1. The fourth-order valence-electron chi connectivity index (χ4n) is 4.87. The van der Waals surface area contributed by atoms with E-state index in [4.69, 9.17) is 4.98 Å². The second kappa shape index (κ2) is 9.68. The van der Waals surface area contributed by atoms with Crippen molar-refractivity contribution in [3.05, 3.63) is 78.5 Å². The van der Waals surface area contributed by atoms with Crippen molar-refractivity contribution in [2.24, 2.45) is 5.41 Å². The molecule has 0 atom stereocenters. The lowest BCUT2D eigenvalue weighted by Crippen LogP contribution is -2.19. The van der Waals surface area contributed by atoms with Crippen LogP contribution >= 0.6 is 0 Å². The molecule has 1 aromatic carbocycles. The number of fused-ring (bicyclic) bond motifs is 2. The normalized spacial score (nSPS) is 11.8. The van der Waals surface area contributed by atoms with Crippen LogP contribution in [0.4, 0.5) is 10.1 Å². The third-order valence-corrected chi connectivity index (χ3v) is 6.54. The Bertz CT molecular complexity index is 1880. The molecule has 0 aliphatic carbocycles. The van der Waals surface area contributed by atoms with Gasteiger partial charge >= 0.3 is 0 Å². The molecule has 0 unspecified atom stereocenters. The van der Waals surface area contributed by atoms with Gasteiger partial charge in [-0.2, -0.15) is 5.10 Å². The van der Waals surface area contributed by atoms with Crippen LogP contribution in [0.2, 0.25) is 0 Å². The van der Waals surface area contributed by atoms with Gasteiger partial charge < -0.3 is 10.3 Å². The highest BCUT2D eigenvalue weighted by atomic mass is 19.1. The van der Waals surface area contributed by atoms with Crippen LogP contribution in [0.3, 0.4) is 0 Å². The number of rotatable bonds is 5. The summed E-state index contributed by atoms with van der Waals surface area (Å²) in [5.74, 6) is -0.361. The first-order valence-corrected chi connectivity index (χ1v) is 13.0. The standard InChI is InChI=1S/C31H28FN7O/c1-17-9-18(11-20(32)10-17)28-22-13-26(36-24(22)7-8-34-28)30-29-25(38-39-30)6-5-23(37-29)19-12-21(16-33-15-19)35-27(40)14-31(2,3)4/h5-13,15-16,36H,14H2,1-4H3,(H,35,40)(H,38,39). The fourth-order valence-corrected chi connectivity index (χ4v) is 4.87. The van der Waals surface area contributed by atoms with Gasteiger partial charge in [0, 0.05) is 40.8 Å². The maximum atomic E-state index is 14.2. The largest absolute Gasteiger partial charge is 0.353 e. The van der Waals surface area contributed by atoms with Gasteiger partial charge in [0.2, 0.25) is 5.91 Å². The topological polar surface area (TPSA) is 112 Å². The molecule has 0 saturated carbocycles. The fraction of sp³-hybridized carbons (Fsp3) is 0.194. The number of nitrogens with one attached hydrogen (secondary N) is 3. The van der Waals surface area contributed by atoms with Gasteiger partial charge in [0.05, 0.1) is 34.5 Å². The Kier molecular flexibility index (Phi) is 6.14. The van der Waals surface area contributed by atoms with Gasteiger partial charge in [-0.05, 0) is 66.4 Å². The lowest BCUT2D eigenvalue weighted by Gasteiger charge is -2.17. The van der Waals surface area contributed by atoms with Crippen molar-refractivity contribution in [1.82, 2.24) is 30.1 Å². The minimum absolute atomic E-state index is 0.0620. The molecule has 8 nitrogen and oxygen atoms in total. The lowest BCUT2D eigenvalue weighted by atomic mass is 9.92. The Morgan fingerprint density at radius 1 is 0.975 bits per heavy atom. The number of nitrogens with zero attached hydrogens (tertiary/aromatic N) is 4. The second-order valence-corrected chi connectivity index (χ2v) is 11.2. The van der Waals surface area contributed by atoms with Crippen molar-refractivity contribution in [2.75, 3.05) is 5.32 Å². The molecule has 40 heavy (non-hydrogen) atoms. The SMILES string of the molecule is Cc1cc(F)cc(-c2nccc3[nH]c(-c4n[nH]c5ccc(-c6cncc(NC(=O)CC(C)(C)C)c6)nc45)cc23)c1. The van der Waals surface area contributed by atoms with E-state index in [0.717, 1.165) is 33.2 Å². The van der Waals surface area contributed by atoms with Crippen molar-refractivity contribution in [2.45, 2.75) is 34.1 Å². The first kappa shape index (κ1) is 25.4. The molecule has 0 fully saturated rings. The van der Waals surface area contributed by atoms with E-state index in [1.54, 1.807) is 18.6 Å². The van der Waals surface area contributed by atoms with Crippen LogP contribution in [0.25, 0.3) is 55.8 Å². The predicted octanol–water partition coefficient (Wildman–Crippen LogP) is 7.05. The number of halogens is 1. The number of benzene rings is 1. The van der Waals surface area contributed by atoms with Crippen LogP contribution in [-0.4, -0.2) is 36.0 Å². The number of H-pyrrole nitrogens is 2. The molecule has 3 N–H and O–H groups in total. The van der Waals surface area contributed by atoms with Crippen molar-refractivity contribution in [3.63, 3.8) is 0 Å². The first-order valence-electron chi connectivity index (χ1n) is 13.0. The number of amides is 1. The number of aryl methyl sites for hydroxylation is 1. The van der Waals surface area contributed by atoms with E-state index in [2.05, 4.69) is 30.5 Å². The van der Waals surface area contributed by atoms with E-state index in [1.807, 2.05) is 64.1 Å². The van der Waals surface area contributed by atoms with Crippen molar-refractivity contribution in [1.29, 1.82) is 0 Å². The van der Waals surface area contributed by atoms with Gasteiger partial charge in [0.1, 0.15) is 17.0 Å². The highest BCUT2D eigenvalue weighted by Gasteiger charge is 2.18. The molecule has 0 aliphatic heterocycles. The maximum absolute atomic E-state index is 14.2. The number of pyridine rings is 3. The average molecular weight is 534 g/mol. The Labute approximate surface area is 230 Å². The zero-order chi connectivity index (χ0) is 28.0. The number of carbonyl (C=O) groups excluding carboxylic acids is 1. The van der Waals surface area contributed by atoms with Gasteiger partial charge in [-0.15, -0.1) is 0 Å². The third kappa shape index (κ3) is 5.05. The predicted molar refractivity (Wildman–Crippen MR) is 155 cm³/mol. The van der Waals surface area contributed by atoms with Gasteiger partial charge in [0.25, 0.3) is 0 Å². The molecule has 0 aliphatic rings. The van der Waals surface area contributed by atoms with Crippen LogP contribution in [0.5, 0.6) is 0 Å². The molecule has 1 amide bonds. The smallest absolute Gasteiger partial charge is 0.224 e. The van der Waals surface area contributed by atoms with E-state index in [0.29, 0.717) is 40.3 Å². The van der Waals surface area contributed by atoms with Crippen LogP contribution in [0.15, 0.2) is 67.1 Å². The molecule has 9 heteroatoms. The van der Waals surface area contributed by atoms with E-state index in [1.165, 1.54) is 12.1 Å². The molecule has 5 heterocycles. The van der Waals surface area contributed by atoms with Crippen molar-refractivity contribution < 1.29 is 9.18 Å². The van der Waals surface area contributed by atoms with E-state index in [-0.39, 0.29) is 17.1 Å². The van der Waals surface area contributed by atoms with Gasteiger partial charge in [-0.1, -0.05) is 20.8 Å². The molecule has 0 bridgehead atoms. The summed E-state index contributed by atoms with van der Waals surface area (Å²) in [5.41, 5.74) is 7.92. The molecule has 6 aromatic rings. The summed E-state index contributed by atoms with van der Waals surface area (Å²) in [5, 5.41) is 11.4. The van der Waals surface area contributed by atoms with Gasteiger partial charge in [0.15, 0.2) is 0 Å². The molecule has 0 spiro atoms. The van der Waals surface area contributed by atoms with Gasteiger partial charge in [-0.3, -0.25) is 19.9 Å². The zero-order valence-electron chi connectivity index (χ0n) is 22.6. The van der Waals surface area contributed by atoms with E-state index >= 15 is 0 Å². The summed E-state index contributed by atoms with van der Waals surface area (Å²) in [6, 6.07) is 14.4. The summed E-state index contributed by atoms with van der Waals surface area (Å²) in [6.45, 7) is 7.93. The Balaban J connectivity index is 1.37. The van der Waals surface area contributed by atoms with Gasteiger partial charge in [-0.25, -0.2) is 9.37 Å². The summed E-state index contributed by atoms with van der Waals surface area (Å²) in [6.07, 6.45) is 5.45. The highest BCUT2D eigenvalue weighted by molar-refractivity contribution is 5.99. The average Bonchev–Trinajstić information content (AvgIpc) is 3.50. The number of hydrogen-bond acceptors (Lipinski definition) is 5. The van der Waals surface area contributed by atoms with Crippen LogP contribution in [0.1, 0.15) is 32.8 Å². The van der Waals surface area contributed by atoms with Crippen molar-refractivity contribution >= 4 is 33.5 Å². The minimum atomic E-state index is -0.299. The molecule has 0 radical (unpaired) electrons. The molecular formula is C31H28FN7O. The van der Waals surface area contributed by atoms with Crippen LogP contribution in [0, 0.1) is 18.2 Å². The van der Waals surface area contributed by atoms with Crippen LogP contribution in [-0.2, 0) is 4.79 Å². The molecule has 200 valence electrons. The molecule has 5 aromatic heterocycles. The Hall–Kier alpha value is -4.92. The summed E-state index contributed by atoms with van der Waals surface area (Å²) < 4.78 is 14.2. The first-order chi connectivity index (χ1) is 19.1. The van der Waals surface area contributed by atoms with Crippen molar-refractivity contribution in [3.8, 4) is 33.9 Å². The Morgan fingerprint density at radius 2 is 1.82 bits per heavy atom. The number of hydrogen-bond donors (Lipinski definition) is 3. The monoisotopic (exact) mass is 533 g/mol. The number of aromatic amines is 2. The van der Waals surface area contributed by atoms with Crippen LogP contribution < -0.4 is 5.32 Å². The zero-order valence-corrected chi connectivity index (χ0v) is 22.6. The lowest BCUT2D eigenvalue weighted by molar-refractivity contribution is -0.117. The highest BCUT2D eigenvalue weighted by Crippen LogP contribution is 2.34. The second-order valence-electron chi connectivity index (χ2n) is 11.2. The van der Waals surface area contributed by atoms with E-state index in [9.17, 15) is 9.18 Å². The molecule has 0 saturated heterocycles. The maximum Gasteiger partial charge on any atom is 0.224 e.